The molecule has 0 spiro atoms. The average molecular weight is 395 g/mol. The molecule has 0 aliphatic heterocycles. The molecule has 28 heavy (non-hydrogen) atoms. The zero-order chi connectivity index (χ0) is 20.4. The fourth-order valence-electron chi connectivity index (χ4n) is 3.98. The van der Waals surface area contributed by atoms with E-state index < -0.39 is 0 Å². The number of hydrogen-bond donors (Lipinski definition) is 0. The van der Waals surface area contributed by atoms with Gasteiger partial charge in [0.05, 0.1) is 6.61 Å². The minimum absolute atomic E-state index is 0.708. The molecule has 0 aromatic rings. The second-order valence-electron chi connectivity index (χ2n) is 8.79. The van der Waals surface area contributed by atoms with Crippen molar-refractivity contribution in [2.24, 2.45) is 0 Å². The fourth-order valence-corrected chi connectivity index (χ4v) is 3.98. The molecule has 1 heteroatoms. The lowest BCUT2D eigenvalue weighted by atomic mass is 10.0. The third kappa shape index (κ3) is 25.7. The van der Waals surface area contributed by atoms with E-state index in [1.165, 1.54) is 141 Å². The van der Waals surface area contributed by atoms with Crippen molar-refractivity contribution >= 4 is 0 Å². The Labute approximate surface area is 179 Å². The van der Waals surface area contributed by atoms with Crippen LogP contribution in [0, 0.1) is 0 Å². The average Bonchev–Trinajstić information content (AvgIpc) is 2.71. The summed E-state index contributed by atoms with van der Waals surface area (Å²) in [7, 11) is 0. The van der Waals surface area contributed by atoms with Gasteiger partial charge in [-0.3, -0.25) is 0 Å². The van der Waals surface area contributed by atoms with Crippen LogP contribution < -0.4 is 0 Å². The Morgan fingerprint density at radius 2 is 0.750 bits per heavy atom. The first-order chi connectivity index (χ1) is 13.9. The Kier molecular flexibility index (Phi) is 26.4. The predicted octanol–water partition coefficient (Wildman–Crippen LogP) is 9.79. The number of hydrogen-bond acceptors (Lipinski definition) is 1. The van der Waals surface area contributed by atoms with E-state index in [0.717, 1.165) is 6.61 Å². The molecule has 0 unspecified atom stereocenters. The summed E-state index contributed by atoms with van der Waals surface area (Å²) in [4.78, 5) is 0. The molecule has 0 radical (unpaired) electrons. The van der Waals surface area contributed by atoms with Crippen molar-refractivity contribution in [1.82, 2.24) is 0 Å². The van der Waals surface area contributed by atoms with E-state index in [2.05, 4.69) is 13.5 Å². The van der Waals surface area contributed by atoms with Gasteiger partial charge in [-0.1, -0.05) is 148 Å². The molecule has 0 saturated carbocycles. The largest absolute Gasteiger partial charge is 0.377 e. The summed E-state index contributed by atoms with van der Waals surface area (Å²) in [5, 5.41) is 0. The van der Waals surface area contributed by atoms with Gasteiger partial charge in [-0.05, 0) is 6.42 Å². The third-order valence-electron chi connectivity index (χ3n) is 5.88. The van der Waals surface area contributed by atoms with Crippen LogP contribution in [0.25, 0.3) is 0 Å². The van der Waals surface area contributed by atoms with Crippen LogP contribution in [0.3, 0.4) is 0 Å². The zero-order valence-electron chi connectivity index (χ0n) is 19.7. The lowest BCUT2D eigenvalue weighted by molar-refractivity contribution is 0.157. The van der Waals surface area contributed by atoms with Gasteiger partial charge in [0.25, 0.3) is 0 Å². The first-order valence-corrected chi connectivity index (χ1v) is 13.1. The van der Waals surface area contributed by atoms with E-state index in [1.54, 1.807) is 0 Å². The smallest absolute Gasteiger partial charge is 0.0644 e. The second-order valence-corrected chi connectivity index (χ2v) is 8.79. The van der Waals surface area contributed by atoms with Gasteiger partial charge in [-0.15, -0.1) is 6.58 Å². The second kappa shape index (κ2) is 26.7. The minimum atomic E-state index is 0.708. The fraction of sp³-hybridized carbons (Fsp3) is 0.926. The van der Waals surface area contributed by atoms with Crippen molar-refractivity contribution in [3.8, 4) is 0 Å². The molecule has 0 aliphatic carbocycles. The Balaban J connectivity index is 2.97. The van der Waals surface area contributed by atoms with E-state index in [1.807, 2.05) is 6.08 Å². The van der Waals surface area contributed by atoms with Gasteiger partial charge in [-0.2, -0.15) is 0 Å². The first kappa shape index (κ1) is 27.7. The molecule has 0 heterocycles. The monoisotopic (exact) mass is 394 g/mol. The summed E-state index contributed by atoms with van der Waals surface area (Å²) in [5.74, 6) is 0. The van der Waals surface area contributed by atoms with E-state index >= 15 is 0 Å². The van der Waals surface area contributed by atoms with Crippen molar-refractivity contribution in [3.63, 3.8) is 0 Å². The van der Waals surface area contributed by atoms with Crippen molar-refractivity contribution in [2.75, 3.05) is 13.2 Å². The lowest BCUT2D eigenvalue weighted by Crippen LogP contribution is -1.93. The maximum atomic E-state index is 5.41. The highest BCUT2D eigenvalue weighted by Gasteiger charge is 1.95. The van der Waals surface area contributed by atoms with Crippen LogP contribution in [0.2, 0.25) is 0 Å². The van der Waals surface area contributed by atoms with Crippen LogP contribution >= 0.6 is 0 Å². The maximum absolute atomic E-state index is 5.41. The Hall–Kier alpha value is -0.300. The van der Waals surface area contributed by atoms with E-state index in [-0.39, 0.29) is 0 Å². The van der Waals surface area contributed by atoms with E-state index in [4.69, 9.17) is 4.74 Å². The van der Waals surface area contributed by atoms with Crippen LogP contribution in [0.15, 0.2) is 12.7 Å². The van der Waals surface area contributed by atoms with Crippen molar-refractivity contribution in [3.05, 3.63) is 12.7 Å². The molecule has 0 atom stereocenters. The predicted molar refractivity (Wildman–Crippen MR) is 128 cm³/mol. The van der Waals surface area contributed by atoms with Gasteiger partial charge in [0.2, 0.25) is 0 Å². The molecule has 0 saturated heterocycles. The molecule has 0 aromatic heterocycles. The summed E-state index contributed by atoms with van der Waals surface area (Å²) in [6.07, 6.45) is 33.5. The summed E-state index contributed by atoms with van der Waals surface area (Å²) in [5.41, 5.74) is 0. The molecule has 0 fully saturated rings. The molecule has 1 nitrogen and oxygen atoms in total. The van der Waals surface area contributed by atoms with Gasteiger partial charge in [-0.25, -0.2) is 0 Å². The Morgan fingerprint density at radius 3 is 1.04 bits per heavy atom. The van der Waals surface area contributed by atoms with Crippen LogP contribution in [0.5, 0.6) is 0 Å². The summed E-state index contributed by atoms with van der Waals surface area (Å²) >= 11 is 0. The third-order valence-corrected chi connectivity index (χ3v) is 5.88. The molecular weight excluding hydrogens is 340 g/mol. The molecule has 0 N–H and O–H groups in total. The molecule has 0 rings (SSSR count). The topological polar surface area (TPSA) is 9.23 Å². The normalized spacial score (nSPS) is 11.2. The number of unbranched alkanes of at least 4 members (excludes halogenated alkanes) is 21. The highest BCUT2D eigenvalue weighted by Crippen LogP contribution is 2.15. The lowest BCUT2D eigenvalue weighted by Gasteiger charge is -2.04. The molecule has 168 valence electrons. The van der Waals surface area contributed by atoms with Gasteiger partial charge >= 0.3 is 0 Å². The highest BCUT2D eigenvalue weighted by atomic mass is 16.5. The molecule has 0 amide bonds. The van der Waals surface area contributed by atoms with Gasteiger partial charge in [0.1, 0.15) is 0 Å². The van der Waals surface area contributed by atoms with Crippen molar-refractivity contribution in [2.45, 2.75) is 148 Å². The number of ether oxygens (including phenoxy) is 1. The maximum Gasteiger partial charge on any atom is 0.0644 e. The van der Waals surface area contributed by atoms with E-state index in [0.29, 0.717) is 6.61 Å². The van der Waals surface area contributed by atoms with Crippen molar-refractivity contribution < 1.29 is 4.74 Å². The zero-order valence-corrected chi connectivity index (χ0v) is 19.7. The van der Waals surface area contributed by atoms with Crippen LogP contribution in [0.1, 0.15) is 148 Å². The molecule has 0 aliphatic rings. The highest BCUT2D eigenvalue weighted by molar-refractivity contribution is 4.63. The molecule has 0 bridgehead atoms. The summed E-state index contributed by atoms with van der Waals surface area (Å²) in [6, 6.07) is 0. The SMILES string of the molecule is C=CCOCCCCCCCCCCCCCCCCCCCCCCCC. The standard InChI is InChI=1S/C27H54O/c1-3-5-6-7-8-9-10-11-12-13-14-15-16-17-18-19-20-21-22-23-24-25-27-28-26-4-2/h4H,2-3,5-27H2,1H3. The first-order valence-electron chi connectivity index (χ1n) is 13.1. The van der Waals surface area contributed by atoms with E-state index in [9.17, 15) is 0 Å². The summed E-state index contributed by atoms with van der Waals surface area (Å²) in [6.45, 7) is 7.58. The van der Waals surface area contributed by atoms with Crippen LogP contribution in [-0.4, -0.2) is 13.2 Å². The molecular formula is C27H54O. The Bertz CT molecular complexity index is 273. The quantitative estimate of drug-likeness (QED) is 0.110. The van der Waals surface area contributed by atoms with Gasteiger partial charge in [0, 0.05) is 6.61 Å². The molecule has 0 aromatic carbocycles. The summed E-state index contributed by atoms with van der Waals surface area (Å²) < 4.78 is 5.41. The van der Waals surface area contributed by atoms with Gasteiger partial charge < -0.3 is 4.74 Å². The van der Waals surface area contributed by atoms with Crippen LogP contribution in [-0.2, 0) is 4.74 Å². The minimum Gasteiger partial charge on any atom is -0.377 e. The van der Waals surface area contributed by atoms with Gasteiger partial charge in [0.15, 0.2) is 0 Å². The Morgan fingerprint density at radius 1 is 0.464 bits per heavy atom. The number of rotatable bonds is 25. The van der Waals surface area contributed by atoms with Crippen LogP contribution in [0.4, 0.5) is 0 Å². The van der Waals surface area contributed by atoms with Crippen molar-refractivity contribution in [1.29, 1.82) is 0 Å².